The second-order valence-corrected chi connectivity index (χ2v) is 3.65. The molecule has 2 rings (SSSR count). The van der Waals surface area contributed by atoms with Gasteiger partial charge in [0.25, 0.3) is 0 Å². The third kappa shape index (κ3) is 2.68. The van der Waals surface area contributed by atoms with E-state index in [2.05, 4.69) is 4.98 Å². The van der Waals surface area contributed by atoms with E-state index in [1.54, 1.807) is 24.4 Å². The van der Waals surface area contributed by atoms with E-state index in [0.717, 1.165) is 5.56 Å². The zero-order valence-electron chi connectivity index (χ0n) is 9.89. The SMILES string of the molecule is COc1ncccc1COc1ccc(N)cc1F. The Morgan fingerprint density at radius 2 is 2.17 bits per heavy atom. The molecule has 0 saturated heterocycles. The predicted octanol–water partition coefficient (Wildman–Crippen LogP) is 2.39. The number of hydrogen-bond acceptors (Lipinski definition) is 4. The molecule has 0 unspecified atom stereocenters. The first-order valence-electron chi connectivity index (χ1n) is 5.36. The van der Waals surface area contributed by atoms with Gasteiger partial charge in [0, 0.05) is 18.0 Å². The minimum absolute atomic E-state index is 0.148. The maximum Gasteiger partial charge on any atom is 0.219 e. The summed E-state index contributed by atoms with van der Waals surface area (Å²) in [5, 5.41) is 0. The first kappa shape index (κ1) is 12.2. The molecular weight excluding hydrogens is 235 g/mol. The Hall–Kier alpha value is -2.30. The Bertz CT molecular complexity index is 546. The summed E-state index contributed by atoms with van der Waals surface area (Å²) in [4.78, 5) is 4.03. The molecule has 18 heavy (non-hydrogen) atoms. The monoisotopic (exact) mass is 248 g/mol. The zero-order chi connectivity index (χ0) is 13.0. The fraction of sp³-hybridized carbons (Fsp3) is 0.154. The molecule has 0 atom stereocenters. The van der Waals surface area contributed by atoms with Crippen LogP contribution in [0.5, 0.6) is 11.6 Å². The average Bonchev–Trinajstić information content (AvgIpc) is 2.38. The molecule has 94 valence electrons. The van der Waals surface area contributed by atoms with Crippen molar-refractivity contribution in [3.05, 3.63) is 47.9 Å². The smallest absolute Gasteiger partial charge is 0.219 e. The van der Waals surface area contributed by atoms with Gasteiger partial charge in [-0.2, -0.15) is 0 Å². The predicted molar refractivity (Wildman–Crippen MR) is 65.9 cm³/mol. The number of ether oxygens (including phenoxy) is 2. The third-order valence-electron chi connectivity index (χ3n) is 2.38. The summed E-state index contributed by atoms with van der Waals surface area (Å²) in [7, 11) is 1.52. The molecule has 0 fully saturated rings. The van der Waals surface area contributed by atoms with Crippen molar-refractivity contribution < 1.29 is 13.9 Å². The van der Waals surface area contributed by atoms with Crippen LogP contribution in [0.25, 0.3) is 0 Å². The number of aromatic nitrogens is 1. The summed E-state index contributed by atoms with van der Waals surface area (Å²) in [6, 6.07) is 7.86. The van der Waals surface area contributed by atoms with Gasteiger partial charge < -0.3 is 15.2 Å². The van der Waals surface area contributed by atoms with E-state index >= 15 is 0 Å². The normalized spacial score (nSPS) is 10.1. The number of pyridine rings is 1. The van der Waals surface area contributed by atoms with Crippen molar-refractivity contribution >= 4 is 5.69 Å². The van der Waals surface area contributed by atoms with Crippen LogP contribution >= 0.6 is 0 Å². The molecule has 0 saturated carbocycles. The number of nitrogens with two attached hydrogens (primary N) is 1. The minimum Gasteiger partial charge on any atom is -0.486 e. The molecule has 0 aliphatic carbocycles. The van der Waals surface area contributed by atoms with E-state index in [9.17, 15) is 4.39 Å². The Morgan fingerprint density at radius 3 is 2.89 bits per heavy atom. The summed E-state index contributed by atoms with van der Waals surface area (Å²) in [6.07, 6.45) is 1.62. The summed E-state index contributed by atoms with van der Waals surface area (Å²) in [5.74, 6) is 0.126. The van der Waals surface area contributed by atoms with E-state index in [4.69, 9.17) is 15.2 Å². The van der Waals surface area contributed by atoms with Crippen LogP contribution < -0.4 is 15.2 Å². The quantitative estimate of drug-likeness (QED) is 0.844. The molecule has 1 heterocycles. The molecule has 0 bridgehead atoms. The summed E-state index contributed by atoms with van der Waals surface area (Å²) < 4.78 is 23.9. The molecule has 0 radical (unpaired) electrons. The van der Waals surface area contributed by atoms with Crippen LogP contribution in [0.3, 0.4) is 0 Å². The first-order valence-corrected chi connectivity index (χ1v) is 5.36. The van der Waals surface area contributed by atoms with E-state index in [-0.39, 0.29) is 12.4 Å². The molecule has 0 aliphatic heterocycles. The molecule has 2 N–H and O–H groups in total. The molecule has 1 aromatic carbocycles. The molecule has 0 spiro atoms. The Morgan fingerprint density at radius 1 is 1.33 bits per heavy atom. The van der Waals surface area contributed by atoms with Gasteiger partial charge in [0.15, 0.2) is 11.6 Å². The van der Waals surface area contributed by atoms with Gasteiger partial charge in [-0.15, -0.1) is 0 Å². The van der Waals surface area contributed by atoms with Gasteiger partial charge in [0.1, 0.15) is 6.61 Å². The lowest BCUT2D eigenvalue weighted by Gasteiger charge is -2.09. The van der Waals surface area contributed by atoms with E-state index in [0.29, 0.717) is 11.6 Å². The van der Waals surface area contributed by atoms with Gasteiger partial charge in [-0.3, -0.25) is 0 Å². The van der Waals surface area contributed by atoms with Gasteiger partial charge in [0.2, 0.25) is 5.88 Å². The van der Waals surface area contributed by atoms with Crippen LogP contribution in [0.1, 0.15) is 5.56 Å². The number of nitrogens with zero attached hydrogens (tertiary/aromatic N) is 1. The third-order valence-corrected chi connectivity index (χ3v) is 2.38. The number of hydrogen-bond donors (Lipinski definition) is 1. The average molecular weight is 248 g/mol. The molecule has 2 aromatic rings. The van der Waals surface area contributed by atoms with Gasteiger partial charge >= 0.3 is 0 Å². The molecule has 1 aromatic heterocycles. The van der Waals surface area contributed by atoms with Gasteiger partial charge in [-0.25, -0.2) is 9.37 Å². The lowest BCUT2D eigenvalue weighted by molar-refractivity contribution is 0.280. The standard InChI is InChI=1S/C13H13FN2O2/c1-17-13-9(3-2-6-16-13)8-18-12-5-4-10(15)7-11(12)14/h2-7H,8,15H2,1H3. The fourth-order valence-corrected chi connectivity index (χ4v) is 1.51. The maximum absolute atomic E-state index is 13.5. The molecule has 5 heteroatoms. The van der Waals surface area contributed by atoms with Crippen molar-refractivity contribution in [3.8, 4) is 11.6 Å². The number of nitrogen functional groups attached to an aromatic ring is 1. The Labute approximate surface area is 104 Å². The highest BCUT2D eigenvalue weighted by molar-refractivity contribution is 5.43. The van der Waals surface area contributed by atoms with E-state index < -0.39 is 5.82 Å². The highest BCUT2D eigenvalue weighted by atomic mass is 19.1. The number of benzene rings is 1. The minimum atomic E-state index is -0.488. The molecule has 0 amide bonds. The fourth-order valence-electron chi connectivity index (χ4n) is 1.51. The number of methoxy groups -OCH3 is 1. The van der Waals surface area contributed by atoms with Crippen LogP contribution in [-0.2, 0) is 6.61 Å². The van der Waals surface area contributed by atoms with Crippen molar-refractivity contribution in [1.82, 2.24) is 4.98 Å². The molecular formula is C13H13FN2O2. The topological polar surface area (TPSA) is 57.4 Å². The van der Waals surface area contributed by atoms with Crippen molar-refractivity contribution in [2.24, 2.45) is 0 Å². The Kier molecular flexibility index (Phi) is 3.62. The Balaban J connectivity index is 2.11. The summed E-state index contributed by atoms with van der Waals surface area (Å²) in [6.45, 7) is 0.178. The maximum atomic E-state index is 13.5. The first-order chi connectivity index (χ1) is 8.70. The number of rotatable bonds is 4. The lowest BCUT2D eigenvalue weighted by Crippen LogP contribution is -2.01. The number of anilines is 1. The summed E-state index contributed by atoms with van der Waals surface area (Å²) in [5.41, 5.74) is 6.56. The van der Waals surface area contributed by atoms with Crippen LogP contribution in [-0.4, -0.2) is 12.1 Å². The lowest BCUT2D eigenvalue weighted by atomic mass is 10.2. The second-order valence-electron chi connectivity index (χ2n) is 3.65. The van der Waals surface area contributed by atoms with Gasteiger partial charge in [-0.1, -0.05) is 0 Å². The van der Waals surface area contributed by atoms with Crippen molar-refractivity contribution in [2.45, 2.75) is 6.61 Å². The van der Waals surface area contributed by atoms with Crippen molar-refractivity contribution in [3.63, 3.8) is 0 Å². The van der Waals surface area contributed by atoms with E-state index in [1.165, 1.54) is 19.2 Å². The largest absolute Gasteiger partial charge is 0.486 e. The summed E-state index contributed by atoms with van der Waals surface area (Å²) >= 11 is 0. The highest BCUT2D eigenvalue weighted by Crippen LogP contribution is 2.22. The van der Waals surface area contributed by atoms with Crippen molar-refractivity contribution in [2.75, 3.05) is 12.8 Å². The van der Waals surface area contributed by atoms with Crippen LogP contribution in [0.15, 0.2) is 36.5 Å². The van der Waals surface area contributed by atoms with Crippen LogP contribution in [0.4, 0.5) is 10.1 Å². The zero-order valence-corrected chi connectivity index (χ0v) is 9.89. The highest BCUT2D eigenvalue weighted by Gasteiger charge is 2.07. The molecule has 4 nitrogen and oxygen atoms in total. The van der Waals surface area contributed by atoms with E-state index in [1.807, 2.05) is 0 Å². The number of halogens is 1. The molecule has 0 aliphatic rings. The second kappa shape index (κ2) is 5.35. The van der Waals surface area contributed by atoms with Crippen molar-refractivity contribution in [1.29, 1.82) is 0 Å². The van der Waals surface area contributed by atoms with Gasteiger partial charge in [0.05, 0.1) is 12.7 Å². The van der Waals surface area contributed by atoms with Crippen LogP contribution in [0, 0.1) is 5.82 Å². The van der Waals surface area contributed by atoms with Crippen LogP contribution in [0.2, 0.25) is 0 Å². The van der Waals surface area contributed by atoms with Gasteiger partial charge in [-0.05, 0) is 24.3 Å².